The normalized spacial score (nSPS) is 17.8. The number of halogens is 1. The fourth-order valence-corrected chi connectivity index (χ4v) is 5.72. The summed E-state index contributed by atoms with van der Waals surface area (Å²) in [4.78, 5) is 40.3. The maximum absolute atomic E-state index is 13.8. The lowest BCUT2D eigenvalue weighted by molar-refractivity contribution is -0.384. The molecule has 8 nitrogen and oxygen atoms in total. The number of carbonyl (C=O) groups excluding carboxylic acids is 2. The fraction of sp³-hybridized carbons (Fsp3) is 0.290. The van der Waals surface area contributed by atoms with Gasteiger partial charge in [0.05, 0.1) is 28.9 Å². The molecule has 0 aromatic heterocycles. The Labute approximate surface area is 238 Å². The number of ketones is 1. The number of amides is 1. The second kappa shape index (κ2) is 11.1. The van der Waals surface area contributed by atoms with Crippen molar-refractivity contribution in [2.75, 3.05) is 23.3 Å². The molecule has 206 valence electrons. The maximum Gasteiger partial charge on any atom is 0.269 e. The topological polar surface area (TPSA) is 105 Å². The first-order valence-electron chi connectivity index (χ1n) is 13.3. The van der Waals surface area contributed by atoms with Crippen molar-refractivity contribution in [3.8, 4) is 0 Å². The van der Waals surface area contributed by atoms with Gasteiger partial charge in [-0.3, -0.25) is 19.7 Å². The van der Waals surface area contributed by atoms with Gasteiger partial charge < -0.3 is 15.5 Å². The van der Waals surface area contributed by atoms with E-state index in [0.29, 0.717) is 42.0 Å². The standard InChI is InChI=1S/C31H31ClN4O4/c1-31(2)17-25-29(27(37)18-31)30(21-6-5-7-23(16-21)36(39)40)35(26-9-4-3-8-24(26)34-25)19-28(38)33-15-14-20-10-12-22(32)13-11-20/h3-13,16,30,34H,14-15,17-19H2,1-2H3,(H,33,38). The summed E-state index contributed by atoms with van der Waals surface area (Å²) < 4.78 is 0. The second-order valence-corrected chi connectivity index (χ2v) is 11.5. The Morgan fingerprint density at radius 2 is 1.85 bits per heavy atom. The van der Waals surface area contributed by atoms with Crippen molar-refractivity contribution in [3.05, 3.63) is 110 Å². The highest BCUT2D eigenvalue weighted by atomic mass is 35.5. The molecule has 3 aromatic carbocycles. The Balaban J connectivity index is 1.53. The van der Waals surface area contributed by atoms with Gasteiger partial charge in [0.1, 0.15) is 0 Å². The van der Waals surface area contributed by atoms with Crippen molar-refractivity contribution in [2.45, 2.75) is 39.2 Å². The smallest absolute Gasteiger partial charge is 0.269 e. The number of rotatable bonds is 7. The number of Topliss-reactive ketones (excluding diaryl/α,β-unsaturated/α-hetero) is 1. The lowest BCUT2D eigenvalue weighted by Gasteiger charge is -2.37. The largest absolute Gasteiger partial charge is 0.357 e. The summed E-state index contributed by atoms with van der Waals surface area (Å²) in [5.41, 5.74) is 4.17. The maximum atomic E-state index is 13.8. The van der Waals surface area contributed by atoms with E-state index in [9.17, 15) is 19.7 Å². The van der Waals surface area contributed by atoms with Crippen LogP contribution in [0.25, 0.3) is 0 Å². The van der Waals surface area contributed by atoms with Crippen LogP contribution in [0.4, 0.5) is 17.1 Å². The minimum Gasteiger partial charge on any atom is -0.357 e. The van der Waals surface area contributed by atoms with Crippen molar-refractivity contribution in [2.24, 2.45) is 5.41 Å². The Morgan fingerprint density at radius 3 is 2.60 bits per heavy atom. The highest BCUT2D eigenvalue weighted by Gasteiger charge is 2.42. The van der Waals surface area contributed by atoms with E-state index in [1.807, 2.05) is 53.4 Å². The Kier molecular flexibility index (Phi) is 7.63. The van der Waals surface area contributed by atoms with E-state index >= 15 is 0 Å². The zero-order valence-electron chi connectivity index (χ0n) is 22.4. The molecule has 1 heterocycles. The van der Waals surface area contributed by atoms with Gasteiger partial charge in [-0.1, -0.05) is 61.8 Å². The van der Waals surface area contributed by atoms with Crippen molar-refractivity contribution in [3.63, 3.8) is 0 Å². The third kappa shape index (κ3) is 5.87. The number of benzene rings is 3. The number of hydrogen-bond donors (Lipinski definition) is 2. The molecule has 0 radical (unpaired) electrons. The number of nitro benzene ring substituents is 1. The average molecular weight is 559 g/mol. The molecular formula is C31H31ClN4O4. The molecule has 0 spiro atoms. The fourth-order valence-electron chi connectivity index (χ4n) is 5.59. The van der Waals surface area contributed by atoms with Gasteiger partial charge in [-0.15, -0.1) is 0 Å². The molecule has 5 rings (SSSR count). The molecule has 2 aliphatic rings. The summed E-state index contributed by atoms with van der Waals surface area (Å²) in [6.07, 6.45) is 1.61. The number of anilines is 2. The first-order valence-corrected chi connectivity index (χ1v) is 13.6. The van der Waals surface area contributed by atoms with Crippen LogP contribution in [0.5, 0.6) is 0 Å². The number of para-hydroxylation sites is 2. The van der Waals surface area contributed by atoms with Gasteiger partial charge in [-0.25, -0.2) is 0 Å². The zero-order chi connectivity index (χ0) is 28.4. The molecule has 0 saturated heterocycles. The third-order valence-electron chi connectivity index (χ3n) is 7.36. The molecule has 0 saturated carbocycles. The van der Waals surface area contributed by atoms with Crippen molar-refractivity contribution >= 4 is 40.4 Å². The summed E-state index contributed by atoms with van der Waals surface area (Å²) >= 11 is 5.98. The molecule has 1 aliphatic carbocycles. The molecule has 1 aliphatic heterocycles. The molecule has 1 unspecified atom stereocenters. The van der Waals surface area contributed by atoms with Gasteiger partial charge in [-0.2, -0.15) is 0 Å². The van der Waals surface area contributed by atoms with Gasteiger partial charge >= 0.3 is 0 Å². The Morgan fingerprint density at radius 1 is 1.10 bits per heavy atom. The first kappa shape index (κ1) is 27.4. The van der Waals surface area contributed by atoms with Crippen LogP contribution in [0.2, 0.25) is 5.02 Å². The van der Waals surface area contributed by atoms with E-state index in [0.717, 1.165) is 22.6 Å². The summed E-state index contributed by atoms with van der Waals surface area (Å²) in [7, 11) is 0. The number of fused-ring (bicyclic) bond motifs is 1. The van der Waals surface area contributed by atoms with Crippen molar-refractivity contribution < 1.29 is 14.5 Å². The third-order valence-corrected chi connectivity index (χ3v) is 7.62. The Bertz CT molecular complexity index is 1500. The highest BCUT2D eigenvalue weighted by molar-refractivity contribution is 6.30. The van der Waals surface area contributed by atoms with Crippen LogP contribution in [0.15, 0.2) is 84.1 Å². The van der Waals surface area contributed by atoms with E-state index in [2.05, 4.69) is 24.5 Å². The first-order chi connectivity index (χ1) is 19.1. The quantitative estimate of drug-likeness (QED) is 0.263. The number of allylic oxidation sites excluding steroid dienone is 1. The molecule has 2 N–H and O–H groups in total. The number of nitrogens with one attached hydrogen (secondary N) is 2. The molecule has 40 heavy (non-hydrogen) atoms. The number of hydrogen-bond acceptors (Lipinski definition) is 6. The van der Waals surface area contributed by atoms with Gasteiger partial charge in [0.15, 0.2) is 5.78 Å². The summed E-state index contributed by atoms with van der Waals surface area (Å²) in [5, 5.41) is 18.8. The molecule has 0 fully saturated rings. The zero-order valence-corrected chi connectivity index (χ0v) is 23.2. The SMILES string of the molecule is CC1(C)CC(=O)C2=C(C1)Nc1ccccc1N(CC(=O)NCCc1ccc(Cl)cc1)C2c1cccc([N+](=O)[O-])c1. The van der Waals surface area contributed by atoms with Gasteiger partial charge in [-0.05, 0) is 53.6 Å². The number of nitro groups is 1. The highest BCUT2D eigenvalue weighted by Crippen LogP contribution is 2.48. The van der Waals surface area contributed by atoms with Crippen molar-refractivity contribution in [1.29, 1.82) is 0 Å². The average Bonchev–Trinajstić information content (AvgIpc) is 3.03. The molecule has 9 heteroatoms. The summed E-state index contributed by atoms with van der Waals surface area (Å²) in [6.45, 7) is 4.50. The van der Waals surface area contributed by atoms with E-state index in [-0.39, 0.29) is 29.3 Å². The number of non-ortho nitro benzene ring substituents is 1. The lowest BCUT2D eigenvalue weighted by atomic mass is 9.73. The van der Waals surface area contributed by atoms with Crippen LogP contribution in [0.1, 0.15) is 43.9 Å². The predicted octanol–water partition coefficient (Wildman–Crippen LogP) is 6.22. The van der Waals surface area contributed by atoms with Crippen LogP contribution >= 0.6 is 11.6 Å². The van der Waals surface area contributed by atoms with Crippen LogP contribution in [0, 0.1) is 15.5 Å². The number of nitrogens with zero attached hydrogens (tertiary/aromatic N) is 2. The van der Waals surface area contributed by atoms with Crippen LogP contribution in [0.3, 0.4) is 0 Å². The predicted molar refractivity (Wildman–Crippen MR) is 156 cm³/mol. The van der Waals surface area contributed by atoms with Gasteiger partial charge in [0.2, 0.25) is 5.91 Å². The lowest BCUT2D eigenvalue weighted by Crippen LogP contribution is -2.42. The molecular weight excluding hydrogens is 528 g/mol. The van der Waals surface area contributed by atoms with Crippen LogP contribution in [-0.4, -0.2) is 29.7 Å². The second-order valence-electron chi connectivity index (χ2n) is 11.1. The van der Waals surface area contributed by atoms with E-state index in [1.54, 1.807) is 12.1 Å². The van der Waals surface area contributed by atoms with E-state index in [1.165, 1.54) is 12.1 Å². The van der Waals surface area contributed by atoms with Gasteiger partial charge in [0.25, 0.3) is 5.69 Å². The van der Waals surface area contributed by atoms with Crippen LogP contribution < -0.4 is 15.5 Å². The molecule has 1 amide bonds. The van der Waals surface area contributed by atoms with E-state index in [4.69, 9.17) is 11.6 Å². The van der Waals surface area contributed by atoms with E-state index < -0.39 is 11.0 Å². The minimum atomic E-state index is -0.684. The Hall–Kier alpha value is -4.17. The molecule has 3 aromatic rings. The summed E-state index contributed by atoms with van der Waals surface area (Å²) in [6, 6.07) is 20.8. The minimum absolute atomic E-state index is 0.0313. The molecule has 0 bridgehead atoms. The number of carbonyl (C=O) groups is 2. The monoisotopic (exact) mass is 558 g/mol. The molecule has 1 atom stereocenters. The van der Waals surface area contributed by atoms with Gasteiger partial charge in [0, 0.05) is 41.4 Å². The van der Waals surface area contributed by atoms with Crippen LogP contribution in [-0.2, 0) is 16.0 Å². The summed E-state index contributed by atoms with van der Waals surface area (Å²) in [5.74, 6) is -0.247. The van der Waals surface area contributed by atoms with Crippen molar-refractivity contribution in [1.82, 2.24) is 5.32 Å².